The van der Waals surface area contributed by atoms with Crippen LogP contribution in [0.5, 0.6) is 5.75 Å². The van der Waals surface area contributed by atoms with Crippen LogP contribution in [0.25, 0.3) is 22.3 Å². The van der Waals surface area contributed by atoms with E-state index in [9.17, 15) is 10.2 Å². The van der Waals surface area contributed by atoms with Crippen LogP contribution in [-0.2, 0) is 0 Å². The molecule has 0 amide bonds. The lowest BCUT2D eigenvalue weighted by atomic mass is 9.77. The van der Waals surface area contributed by atoms with Crippen LogP contribution in [0, 0.1) is 25.2 Å². The van der Waals surface area contributed by atoms with Crippen LogP contribution >= 0.6 is 0 Å². The summed E-state index contributed by atoms with van der Waals surface area (Å²) in [5.41, 5.74) is 3.63. The van der Waals surface area contributed by atoms with Gasteiger partial charge in [-0.1, -0.05) is 0 Å². The average Bonchev–Trinajstić information content (AvgIpc) is 2.88. The van der Waals surface area contributed by atoms with Crippen molar-refractivity contribution in [2.24, 2.45) is 0 Å². The number of nitrogens with zero attached hydrogens (tertiary/aromatic N) is 4. The van der Waals surface area contributed by atoms with Gasteiger partial charge < -0.3 is 14.8 Å². The highest BCUT2D eigenvalue weighted by atomic mass is 16.3. The number of hydrogen-bond acceptors (Lipinski definition) is 5. The normalized spacial score (nSPS) is 22.2. The predicted molar refractivity (Wildman–Crippen MR) is 97.7 cm³/mol. The van der Waals surface area contributed by atoms with E-state index in [0.29, 0.717) is 29.7 Å². The van der Waals surface area contributed by atoms with E-state index in [2.05, 4.69) is 21.0 Å². The summed E-state index contributed by atoms with van der Waals surface area (Å²) in [5.74, 6) is 0.0299. The van der Waals surface area contributed by atoms with Gasteiger partial charge in [0.25, 0.3) is 0 Å². The minimum absolute atomic E-state index is 0.0299. The van der Waals surface area contributed by atoms with Gasteiger partial charge in [-0.05, 0) is 62.9 Å². The number of phenols is 1. The Morgan fingerprint density at radius 1 is 1.19 bits per heavy atom. The summed E-state index contributed by atoms with van der Waals surface area (Å²) in [6.07, 6.45) is 3.46. The van der Waals surface area contributed by atoms with Crippen molar-refractivity contribution < 1.29 is 10.2 Å². The summed E-state index contributed by atoms with van der Waals surface area (Å²) >= 11 is 0. The number of aliphatic hydroxyl groups is 1. The van der Waals surface area contributed by atoms with Gasteiger partial charge in [-0.25, -0.2) is 0 Å². The van der Waals surface area contributed by atoms with Gasteiger partial charge in [0.05, 0.1) is 22.9 Å². The maximum atomic E-state index is 10.3. The molecule has 1 fully saturated rings. The molecule has 1 saturated carbocycles. The number of aromatic nitrogens is 3. The van der Waals surface area contributed by atoms with Crippen molar-refractivity contribution in [2.45, 2.75) is 45.3 Å². The van der Waals surface area contributed by atoms with Gasteiger partial charge in [0.15, 0.2) is 5.65 Å². The Balaban J connectivity index is 1.81. The third-order valence-corrected chi connectivity index (χ3v) is 5.22. The first-order valence-electron chi connectivity index (χ1n) is 8.60. The second-order valence-corrected chi connectivity index (χ2v) is 7.54. The molecule has 1 aromatic carbocycles. The number of aryl methyl sites for hydroxylation is 2. The fourth-order valence-electron chi connectivity index (χ4n) is 3.92. The Labute approximate surface area is 151 Å². The molecule has 4 rings (SSSR count). The van der Waals surface area contributed by atoms with Crippen LogP contribution in [0.2, 0.25) is 0 Å². The quantitative estimate of drug-likeness (QED) is 0.740. The van der Waals surface area contributed by atoms with Crippen molar-refractivity contribution >= 4 is 11.0 Å². The van der Waals surface area contributed by atoms with E-state index in [1.807, 2.05) is 32.9 Å². The van der Waals surface area contributed by atoms with Gasteiger partial charge in [-0.3, -0.25) is 0 Å². The molecule has 6 heteroatoms. The molecule has 0 saturated heterocycles. The third-order valence-electron chi connectivity index (χ3n) is 5.22. The number of nitriles is 1. The molecule has 2 N–H and O–H groups in total. The number of fused-ring (bicyclic) bond motifs is 1. The van der Waals surface area contributed by atoms with Gasteiger partial charge in [-0.15, -0.1) is 10.2 Å². The largest absolute Gasteiger partial charge is 0.507 e. The smallest absolute Gasteiger partial charge is 0.163 e. The van der Waals surface area contributed by atoms with E-state index in [-0.39, 0.29) is 11.8 Å². The second-order valence-electron chi connectivity index (χ2n) is 7.54. The van der Waals surface area contributed by atoms with Gasteiger partial charge in [-0.2, -0.15) is 5.26 Å². The van der Waals surface area contributed by atoms with Crippen molar-refractivity contribution in [2.75, 3.05) is 0 Å². The number of phenolic OH excluding ortho intramolecular Hbond substituents is 1. The SMILES string of the molecule is Cc1cc(C#N)cc(O)c1-c1cc2c(C)cn(C3CC(C)(O)C3)c2nn1. The molecule has 0 aliphatic heterocycles. The molecule has 0 spiro atoms. The Kier molecular flexibility index (Phi) is 3.53. The van der Waals surface area contributed by atoms with Crippen LogP contribution in [0.1, 0.15) is 42.5 Å². The summed E-state index contributed by atoms with van der Waals surface area (Å²) < 4.78 is 2.09. The zero-order valence-corrected chi connectivity index (χ0v) is 15.0. The van der Waals surface area contributed by atoms with Crippen LogP contribution in [0.4, 0.5) is 0 Å². The molecule has 6 nitrogen and oxygen atoms in total. The maximum absolute atomic E-state index is 10.3. The molecule has 26 heavy (non-hydrogen) atoms. The van der Waals surface area contributed by atoms with Crippen LogP contribution in [0.3, 0.4) is 0 Å². The van der Waals surface area contributed by atoms with Gasteiger partial charge in [0.2, 0.25) is 0 Å². The average molecular weight is 348 g/mol. The van der Waals surface area contributed by atoms with E-state index in [1.165, 1.54) is 6.07 Å². The molecule has 0 bridgehead atoms. The van der Waals surface area contributed by atoms with Crippen molar-refractivity contribution in [1.82, 2.24) is 14.8 Å². The fraction of sp³-hybridized carbons (Fsp3) is 0.350. The summed E-state index contributed by atoms with van der Waals surface area (Å²) in [4.78, 5) is 0. The molecule has 0 atom stereocenters. The molecular formula is C20H20N4O2. The lowest BCUT2D eigenvalue weighted by Gasteiger charge is -2.41. The highest BCUT2D eigenvalue weighted by molar-refractivity contribution is 5.85. The summed E-state index contributed by atoms with van der Waals surface area (Å²) in [6, 6.07) is 7.38. The zero-order chi connectivity index (χ0) is 18.6. The van der Waals surface area contributed by atoms with Crippen LogP contribution in [-0.4, -0.2) is 30.6 Å². The molecule has 3 aromatic rings. The number of benzene rings is 1. The third kappa shape index (κ3) is 2.52. The lowest BCUT2D eigenvalue weighted by Crippen LogP contribution is -2.41. The molecule has 1 aliphatic carbocycles. The highest BCUT2D eigenvalue weighted by Crippen LogP contribution is 2.43. The fourth-order valence-corrected chi connectivity index (χ4v) is 3.92. The van der Waals surface area contributed by atoms with E-state index >= 15 is 0 Å². The monoisotopic (exact) mass is 348 g/mol. The Bertz CT molecular complexity index is 1040. The van der Waals surface area contributed by atoms with Crippen molar-refractivity contribution in [3.63, 3.8) is 0 Å². The number of hydrogen-bond donors (Lipinski definition) is 2. The molecule has 0 radical (unpaired) electrons. The van der Waals surface area contributed by atoms with Crippen LogP contribution < -0.4 is 0 Å². The summed E-state index contributed by atoms with van der Waals surface area (Å²) in [7, 11) is 0. The Morgan fingerprint density at radius 2 is 1.92 bits per heavy atom. The van der Waals surface area contributed by atoms with Crippen molar-refractivity contribution in [1.29, 1.82) is 5.26 Å². The van der Waals surface area contributed by atoms with E-state index < -0.39 is 5.60 Å². The topological polar surface area (TPSA) is 95.0 Å². The molecule has 132 valence electrons. The van der Waals surface area contributed by atoms with Gasteiger partial charge in [0, 0.05) is 23.2 Å². The van der Waals surface area contributed by atoms with Crippen molar-refractivity contribution in [3.05, 3.63) is 41.1 Å². The molecule has 2 heterocycles. The number of aromatic hydroxyl groups is 1. The Hall–Kier alpha value is -2.91. The molecular weight excluding hydrogens is 328 g/mol. The van der Waals surface area contributed by atoms with E-state index in [4.69, 9.17) is 5.26 Å². The first kappa shape index (κ1) is 16.6. The van der Waals surface area contributed by atoms with Gasteiger partial charge in [0.1, 0.15) is 5.75 Å². The second kappa shape index (κ2) is 5.55. The number of rotatable bonds is 2. The summed E-state index contributed by atoms with van der Waals surface area (Å²) in [5, 5.41) is 39.1. The maximum Gasteiger partial charge on any atom is 0.163 e. The zero-order valence-electron chi connectivity index (χ0n) is 15.0. The van der Waals surface area contributed by atoms with E-state index in [1.54, 1.807) is 6.07 Å². The van der Waals surface area contributed by atoms with Crippen molar-refractivity contribution in [3.8, 4) is 23.1 Å². The minimum Gasteiger partial charge on any atom is -0.507 e. The van der Waals surface area contributed by atoms with E-state index in [0.717, 1.165) is 22.2 Å². The molecule has 2 aromatic heterocycles. The lowest BCUT2D eigenvalue weighted by molar-refractivity contribution is -0.0498. The van der Waals surface area contributed by atoms with Crippen LogP contribution in [0.15, 0.2) is 24.4 Å². The first-order valence-corrected chi connectivity index (χ1v) is 8.60. The molecule has 1 aliphatic rings. The first-order chi connectivity index (χ1) is 12.3. The standard InChI is InChI=1S/C20H20N4O2/c1-11-4-13(9-21)5-17(25)18(11)16-6-15-12(2)10-24(19(15)23-22-16)14-7-20(3,26)8-14/h4-6,10,14,25-26H,7-8H2,1-3H3. The van der Waals surface area contributed by atoms with Gasteiger partial charge >= 0.3 is 0 Å². The minimum atomic E-state index is -0.603. The summed E-state index contributed by atoms with van der Waals surface area (Å²) in [6.45, 7) is 5.71. The Morgan fingerprint density at radius 3 is 2.54 bits per heavy atom. The highest BCUT2D eigenvalue weighted by Gasteiger charge is 2.40. The molecule has 0 unspecified atom stereocenters. The predicted octanol–water partition coefficient (Wildman–Crippen LogP) is 3.38.